The van der Waals surface area contributed by atoms with Gasteiger partial charge < -0.3 is 25.9 Å². The Morgan fingerprint density at radius 1 is 1.44 bits per heavy atom. The highest BCUT2D eigenvalue weighted by Crippen LogP contribution is 2.35. The summed E-state index contributed by atoms with van der Waals surface area (Å²) in [6.45, 7) is 0. The minimum atomic E-state index is -5.19. The summed E-state index contributed by atoms with van der Waals surface area (Å²) in [5.74, 6) is -2.41. The molecule has 4 atom stereocenters. The van der Waals surface area contributed by atoms with Crippen LogP contribution in [0.25, 0.3) is 11.2 Å². The molecule has 0 bridgehead atoms. The van der Waals surface area contributed by atoms with Crippen molar-refractivity contribution in [3.05, 3.63) is 11.6 Å². The number of hydrogen-bond acceptors (Lipinski definition) is 8. The lowest BCUT2D eigenvalue weighted by Crippen LogP contribution is -2.43. The fourth-order valence-corrected chi connectivity index (χ4v) is 2.97. The van der Waals surface area contributed by atoms with Crippen molar-refractivity contribution in [2.75, 3.05) is 5.73 Å². The first kappa shape index (κ1) is 17.6. The van der Waals surface area contributed by atoms with E-state index in [9.17, 15) is 23.1 Å². The molecule has 13 heteroatoms. The monoisotopic (exact) mass is 380 g/mol. The normalized spacial score (nSPS) is 27.0. The number of nitrogens with two attached hydrogens (primary N) is 2. The number of halogens is 4. The molecule has 0 saturated heterocycles. The summed E-state index contributed by atoms with van der Waals surface area (Å²) >= 11 is 5.75. The van der Waals surface area contributed by atoms with E-state index in [1.54, 1.807) is 0 Å². The molecule has 2 aromatic rings. The highest BCUT2D eigenvalue weighted by atomic mass is 35.5. The third kappa shape index (κ3) is 3.07. The Morgan fingerprint density at radius 3 is 2.76 bits per heavy atom. The van der Waals surface area contributed by atoms with Gasteiger partial charge in [-0.1, -0.05) is 0 Å². The van der Waals surface area contributed by atoms with E-state index in [4.69, 9.17) is 23.1 Å². The average Bonchev–Trinajstić information content (AvgIpc) is 3.02. The van der Waals surface area contributed by atoms with Gasteiger partial charge in [-0.15, -0.1) is 0 Å². The summed E-state index contributed by atoms with van der Waals surface area (Å²) < 4.78 is 42.8. The Bertz CT molecular complexity index is 828. The van der Waals surface area contributed by atoms with E-state index >= 15 is 0 Å². The third-order valence-electron chi connectivity index (χ3n) is 3.92. The van der Waals surface area contributed by atoms with Gasteiger partial charge in [-0.3, -0.25) is 0 Å². The average molecular weight is 381 g/mol. The number of esters is 1. The zero-order valence-corrected chi connectivity index (χ0v) is 13.1. The number of carbonyl (C=O) groups excluding carboxylic acids is 1. The molecule has 0 radical (unpaired) electrons. The van der Waals surface area contributed by atoms with E-state index in [2.05, 4.69) is 19.7 Å². The third-order valence-corrected chi connectivity index (χ3v) is 4.09. The highest BCUT2D eigenvalue weighted by Gasteiger charge is 2.49. The van der Waals surface area contributed by atoms with Crippen LogP contribution in [-0.4, -0.2) is 55.0 Å². The molecule has 25 heavy (non-hydrogen) atoms. The molecule has 0 unspecified atom stereocenters. The van der Waals surface area contributed by atoms with Crippen molar-refractivity contribution >= 4 is 34.6 Å². The second-order valence-corrected chi connectivity index (χ2v) is 5.87. The number of nitrogens with zero attached hydrogens (tertiary/aromatic N) is 4. The van der Waals surface area contributed by atoms with Crippen molar-refractivity contribution in [2.45, 2.75) is 36.9 Å². The molecule has 2 aromatic heterocycles. The smallest absolute Gasteiger partial charge is 0.451 e. The van der Waals surface area contributed by atoms with Crippen LogP contribution in [0.5, 0.6) is 0 Å². The molecule has 136 valence electrons. The lowest BCUT2D eigenvalue weighted by molar-refractivity contribution is -0.208. The van der Waals surface area contributed by atoms with Crippen LogP contribution in [0.1, 0.15) is 12.5 Å². The number of alkyl halides is 3. The maximum atomic E-state index is 12.4. The standard InChI is InChI=1S/C12H12ClF3N6O3/c13-11-20-8(18)5-9(21-11)22(2-19-5)4-1-3(17)7(6(4)23)25-10(24)12(14,15)16/h2-4,6-7,23H,1,17H2,(H2,18,20,21)/t3-,4+,6-,7+/m0/s1. The largest absolute Gasteiger partial charge is 0.490 e. The molecule has 9 nitrogen and oxygen atoms in total. The first-order chi connectivity index (χ1) is 11.6. The van der Waals surface area contributed by atoms with Crippen molar-refractivity contribution in [1.82, 2.24) is 19.5 Å². The SMILES string of the molecule is Nc1nc(Cl)nc2c1ncn2[C@@H]1C[C@H](N)[C@@H](OC(=O)C(F)(F)F)[C@H]1O. The van der Waals surface area contributed by atoms with E-state index in [0.29, 0.717) is 0 Å². The summed E-state index contributed by atoms with van der Waals surface area (Å²) in [6, 6.07) is -1.85. The van der Waals surface area contributed by atoms with Crippen molar-refractivity contribution in [2.24, 2.45) is 5.73 Å². The van der Waals surface area contributed by atoms with Crippen LogP contribution in [0, 0.1) is 0 Å². The first-order valence-corrected chi connectivity index (χ1v) is 7.34. The molecule has 1 aliphatic carbocycles. The molecule has 0 aromatic carbocycles. The van der Waals surface area contributed by atoms with Crippen molar-refractivity contribution < 1.29 is 27.8 Å². The van der Waals surface area contributed by atoms with Gasteiger partial charge in [0.25, 0.3) is 0 Å². The Balaban J connectivity index is 1.91. The van der Waals surface area contributed by atoms with Gasteiger partial charge in [0, 0.05) is 6.04 Å². The Kier molecular flexibility index (Phi) is 4.21. The van der Waals surface area contributed by atoms with E-state index in [-0.39, 0.29) is 28.7 Å². The minimum Gasteiger partial charge on any atom is -0.451 e. The number of ether oxygens (including phenoxy) is 1. The van der Waals surface area contributed by atoms with Crippen LogP contribution < -0.4 is 11.5 Å². The Labute approximate surface area is 142 Å². The molecule has 1 aliphatic rings. The molecule has 1 saturated carbocycles. The van der Waals surface area contributed by atoms with Crippen LogP contribution >= 0.6 is 11.6 Å². The Hall–Kier alpha value is -2.18. The van der Waals surface area contributed by atoms with Crippen molar-refractivity contribution in [3.8, 4) is 0 Å². The molecule has 3 rings (SSSR count). The predicted molar refractivity (Wildman–Crippen MR) is 78.3 cm³/mol. The summed E-state index contributed by atoms with van der Waals surface area (Å²) in [4.78, 5) is 22.7. The lowest BCUT2D eigenvalue weighted by atomic mass is 10.2. The quantitative estimate of drug-likeness (QED) is 0.494. The number of rotatable bonds is 2. The highest BCUT2D eigenvalue weighted by molar-refractivity contribution is 6.28. The van der Waals surface area contributed by atoms with Crippen LogP contribution in [0.4, 0.5) is 19.0 Å². The van der Waals surface area contributed by atoms with Gasteiger partial charge in [0.2, 0.25) is 5.28 Å². The molecule has 2 heterocycles. The fraction of sp³-hybridized carbons (Fsp3) is 0.500. The lowest BCUT2D eigenvalue weighted by Gasteiger charge is -2.22. The van der Waals surface area contributed by atoms with Crippen LogP contribution in [0.2, 0.25) is 5.28 Å². The van der Waals surface area contributed by atoms with Gasteiger partial charge in [0.15, 0.2) is 11.5 Å². The van der Waals surface area contributed by atoms with Gasteiger partial charge in [0.05, 0.1) is 12.4 Å². The van der Waals surface area contributed by atoms with E-state index in [1.165, 1.54) is 10.9 Å². The van der Waals surface area contributed by atoms with Gasteiger partial charge in [-0.25, -0.2) is 9.78 Å². The second kappa shape index (κ2) is 5.97. The van der Waals surface area contributed by atoms with Crippen LogP contribution in [0.15, 0.2) is 6.33 Å². The summed E-state index contributed by atoms with van der Waals surface area (Å²) in [5.41, 5.74) is 11.8. The van der Waals surface area contributed by atoms with Gasteiger partial charge in [0.1, 0.15) is 17.7 Å². The number of fused-ring (bicyclic) bond motifs is 1. The van der Waals surface area contributed by atoms with Gasteiger partial charge in [-0.2, -0.15) is 23.1 Å². The van der Waals surface area contributed by atoms with E-state index in [0.717, 1.165) is 0 Å². The van der Waals surface area contributed by atoms with Crippen LogP contribution in [-0.2, 0) is 9.53 Å². The Morgan fingerprint density at radius 2 is 2.12 bits per heavy atom. The van der Waals surface area contributed by atoms with Gasteiger partial charge >= 0.3 is 12.1 Å². The summed E-state index contributed by atoms with van der Waals surface area (Å²) in [5, 5.41) is 10.2. The van der Waals surface area contributed by atoms with Crippen molar-refractivity contribution in [3.63, 3.8) is 0 Å². The zero-order chi connectivity index (χ0) is 18.5. The number of hydrogen-bond donors (Lipinski definition) is 3. The molecule has 0 amide bonds. The number of carbonyl (C=O) groups is 1. The molecular weight excluding hydrogens is 369 g/mol. The second-order valence-electron chi connectivity index (χ2n) is 5.53. The number of imidazole rings is 1. The molecule has 1 fully saturated rings. The number of aromatic nitrogens is 4. The zero-order valence-electron chi connectivity index (χ0n) is 12.3. The molecule has 0 spiro atoms. The summed E-state index contributed by atoms with van der Waals surface area (Å²) in [7, 11) is 0. The summed E-state index contributed by atoms with van der Waals surface area (Å²) in [6.07, 6.45) is -6.93. The maximum Gasteiger partial charge on any atom is 0.490 e. The van der Waals surface area contributed by atoms with Gasteiger partial charge in [-0.05, 0) is 18.0 Å². The predicted octanol–water partition coefficient (Wildman–Crippen LogP) is 0.169. The first-order valence-electron chi connectivity index (χ1n) is 6.96. The number of aliphatic hydroxyl groups is 1. The number of aliphatic hydroxyl groups excluding tert-OH is 1. The van der Waals surface area contributed by atoms with E-state index < -0.39 is 36.4 Å². The maximum absolute atomic E-state index is 12.4. The molecule has 0 aliphatic heterocycles. The fourth-order valence-electron chi connectivity index (χ4n) is 2.80. The minimum absolute atomic E-state index is 0.00517. The molecular formula is C12H12ClF3N6O3. The van der Waals surface area contributed by atoms with Crippen molar-refractivity contribution in [1.29, 1.82) is 0 Å². The van der Waals surface area contributed by atoms with Crippen LogP contribution in [0.3, 0.4) is 0 Å². The topological polar surface area (TPSA) is 142 Å². The number of anilines is 1. The van der Waals surface area contributed by atoms with E-state index in [1.807, 2.05) is 0 Å². The number of nitrogen functional groups attached to an aromatic ring is 1. The molecule has 5 N–H and O–H groups in total.